The maximum atomic E-state index is 13.4. The molecule has 2 heterocycles. The number of benzene rings is 2. The molecule has 2 unspecified atom stereocenters. The van der Waals surface area contributed by atoms with Crippen LogP contribution in [-0.4, -0.2) is 54.0 Å². The summed E-state index contributed by atoms with van der Waals surface area (Å²) >= 11 is 0. The molecule has 2 aromatic rings. The number of nitrogens with zero attached hydrogens (tertiary/aromatic N) is 2. The Morgan fingerprint density at radius 2 is 1.25 bits per heavy atom. The van der Waals surface area contributed by atoms with Crippen LogP contribution in [0.4, 0.5) is 11.4 Å². The van der Waals surface area contributed by atoms with Crippen LogP contribution in [0.5, 0.6) is 5.75 Å². The molecule has 2 aliphatic heterocycles. The number of nitro groups is 1. The molecule has 2 aromatic carbocycles. The monoisotopic (exact) mass is 886 g/mol. The van der Waals surface area contributed by atoms with Gasteiger partial charge in [0.05, 0.1) is 10.3 Å². The molecule has 0 aliphatic carbocycles. The second-order valence-corrected chi connectivity index (χ2v) is 18.9. The van der Waals surface area contributed by atoms with Crippen LogP contribution < -0.4 is 25.6 Å². The van der Waals surface area contributed by atoms with Crippen molar-refractivity contribution in [2.24, 2.45) is 0 Å². The molecule has 356 valence electrons. The zero-order valence-electron chi connectivity index (χ0n) is 40.1. The van der Waals surface area contributed by atoms with E-state index in [0.29, 0.717) is 37.4 Å². The molecule has 0 aromatic heterocycles. The Bertz CT molecular complexity index is 1760. The van der Waals surface area contributed by atoms with E-state index in [-0.39, 0.29) is 42.7 Å². The number of rotatable bonds is 34. The van der Waals surface area contributed by atoms with Crippen molar-refractivity contribution in [1.82, 2.24) is 16.0 Å². The van der Waals surface area contributed by atoms with E-state index in [1.165, 1.54) is 102 Å². The molecular weight excluding hydrogens is 803 g/mol. The third-order valence-electron chi connectivity index (χ3n) is 13.4. The molecular formula is C53H83N5O6. The molecule has 64 heavy (non-hydrogen) atoms. The van der Waals surface area contributed by atoms with Gasteiger partial charge in [0.25, 0.3) is 5.69 Å². The summed E-state index contributed by atoms with van der Waals surface area (Å²) in [5.41, 5.74) is 1.66. The van der Waals surface area contributed by atoms with Gasteiger partial charge < -0.3 is 25.6 Å². The first kappa shape index (κ1) is 52.2. The van der Waals surface area contributed by atoms with Gasteiger partial charge in [0.15, 0.2) is 0 Å². The molecule has 4 rings (SSSR count). The van der Waals surface area contributed by atoms with Crippen LogP contribution in [0, 0.1) is 10.1 Å². The van der Waals surface area contributed by atoms with Crippen LogP contribution in [0.25, 0.3) is 6.08 Å². The molecule has 3 amide bonds. The number of unbranched alkanes of at least 4 members (excludes halogenated alkanes) is 20. The lowest BCUT2D eigenvalue weighted by Crippen LogP contribution is -2.59. The largest absolute Gasteiger partial charge is 0.463 e. The first-order valence-electron chi connectivity index (χ1n) is 25.4. The van der Waals surface area contributed by atoms with Crippen molar-refractivity contribution in [1.29, 1.82) is 0 Å². The molecule has 1 spiro atoms. The number of hydrogen-bond acceptors (Lipinski definition) is 7. The summed E-state index contributed by atoms with van der Waals surface area (Å²) in [6.45, 7) is 10.7. The zero-order valence-corrected chi connectivity index (χ0v) is 40.1. The van der Waals surface area contributed by atoms with Crippen molar-refractivity contribution in [2.75, 3.05) is 24.5 Å². The summed E-state index contributed by atoms with van der Waals surface area (Å²) in [7, 11) is 0. The summed E-state index contributed by atoms with van der Waals surface area (Å²) in [5.74, 6) is 0.121. The molecule has 0 bridgehead atoms. The van der Waals surface area contributed by atoms with Crippen LogP contribution in [0.3, 0.4) is 0 Å². The number of ether oxygens (including phenoxy) is 1. The van der Waals surface area contributed by atoms with Crippen molar-refractivity contribution in [3.05, 3.63) is 69.8 Å². The number of nitrogens with one attached hydrogen (secondary N) is 3. The summed E-state index contributed by atoms with van der Waals surface area (Å²) in [6.07, 6.45) is 31.5. The van der Waals surface area contributed by atoms with E-state index < -0.39 is 22.1 Å². The van der Waals surface area contributed by atoms with Gasteiger partial charge in [-0.15, -0.1) is 0 Å². The predicted octanol–water partition coefficient (Wildman–Crippen LogP) is 12.4. The van der Waals surface area contributed by atoms with E-state index in [9.17, 15) is 24.5 Å². The Balaban J connectivity index is 1.24. The van der Waals surface area contributed by atoms with Crippen molar-refractivity contribution in [2.45, 2.75) is 212 Å². The topological polar surface area (TPSA) is 143 Å². The molecule has 0 radical (unpaired) electrons. The quantitative estimate of drug-likeness (QED) is 0.0361. The van der Waals surface area contributed by atoms with Gasteiger partial charge in [0.1, 0.15) is 11.8 Å². The lowest BCUT2D eigenvalue weighted by atomic mass is 9.76. The summed E-state index contributed by atoms with van der Waals surface area (Å²) < 4.78 is 6.84. The Kier molecular flexibility index (Phi) is 23.2. The van der Waals surface area contributed by atoms with E-state index in [2.05, 4.69) is 60.7 Å². The van der Waals surface area contributed by atoms with Gasteiger partial charge in [-0.2, -0.15) is 0 Å². The standard InChI is InChI=1S/C53H83N5O6/c1-5-7-9-11-13-15-17-19-21-27-39-54-49(59)36-34-46(51(61)55-40-28-22-20-18-16-14-12-10-8-6-2)56-50(60)32-24-23-29-41-57-47-31-26-25-30-45(47)52(3,4)53(57)38-37-43-42-44(58(62)63)33-35-48(43)64-53/h25-26,30-31,33,35,37-38,42,46H,5-24,27-29,32,34,36,39-41H2,1-4H3,(H,54,59)(H,55,61)(H,56,60). The van der Waals surface area contributed by atoms with Gasteiger partial charge in [-0.3, -0.25) is 24.5 Å². The Labute approximate surface area is 385 Å². The molecule has 0 saturated heterocycles. The Hall–Kier alpha value is -4.41. The number of hydrogen-bond donors (Lipinski definition) is 3. The van der Waals surface area contributed by atoms with E-state index in [4.69, 9.17) is 4.74 Å². The van der Waals surface area contributed by atoms with Crippen LogP contribution in [0.15, 0.2) is 48.5 Å². The van der Waals surface area contributed by atoms with E-state index >= 15 is 0 Å². The molecule has 2 aliphatic rings. The van der Waals surface area contributed by atoms with E-state index in [1.807, 2.05) is 24.3 Å². The third kappa shape index (κ3) is 16.2. The molecule has 0 fully saturated rings. The average molecular weight is 886 g/mol. The lowest BCUT2D eigenvalue weighted by molar-refractivity contribution is -0.384. The zero-order chi connectivity index (χ0) is 46.0. The second kappa shape index (κ2) is 28.5. The van der Waals surface area contributed by atoms with Crippen molar-refractivity contribution < 1.29 is 24.0 Å². The van der Waals surface area contributed by atoms with Crippen molar-refractivity contribution in [3.63, 3.8) is 0 Å². The number of para-hydroxylation sites is 1. The summed E-state index contributed by atoms with van der Waals surface area (Å²) in [6, 6.07) is 12.3. The van der Waals surface area contributed by atoms with Crippen molar-refractivity contribution in [3.8, 4) is 5.75 Å². The first-order valence-corrected chi connectivity index (χ1v) is 25.4. The SMILES string of the molecule is CCCCCCCCCCCCNC(=O)CCC(NC(=O)CCCCCN1c2ccccc2C(C)(C)C12C=Cc1cc([N+](=O)[O-])ccc1O2)C(=O)NCCCCCCCCCCCC. The highest BCUT2D eigenvalue weighted by Gasteiger charge is 2.58. The van der Waals surface area contributed by atoms with Gasteiger partial charge in [0.2, 0.25) is 23.4 Å². The van der Waals surface area contributed by atoms with Gasteiger partial charge >= 0.3 is 0 Å². The van der Waals surface area contributed by atoms with Gasteiger partial charge in [-0.05, 0) is 75.8 Å². The maximum Gasteiger partial charge on any atom is 0.270 e. The normalized spacial score (nSPS) is 16.2. The fourth-order valence-electron chi connectivity index (χ4n) is 9.41. The van der Waals surface area contributed by atoms with Crippen LogP contribution >= 0.6 is 0 Å². The minimum absolute atomic E-state index is 0.0226. The number of non-ortho nitro benzene ring substituents is 1. The Morgan fingerprint density at radius 1 is 0.688 bits per heavy atom. The number of fused-ring (bicyclic) bond motifs is 2. The third-order valence-corrected chi connectivity index (χ3v) is 13.4. The van der Waals surface area contributed by atoms with Gasteiger partial charge in [0, 0.05) is 55.9 Å². The lowest BCUT2D eigenvalue weighted by Gasteiger charge is -2.47. The maximum absolute atomic E-state index is 13.4. The summed E-state index contributed by atoms with van der Waals surface area (Å²) in [4.78, 5) is 53.0. The van der Waals surface area contributed by atoms with Crippen LogP contribution in [-0.2, 0) is 19.8 Å². The average Bonchev–Trinajstić information content (AvgIpc) is 3.46. The van der Waals surface area contributed by atoms with Gasteiger partial charge in [-0.25, -0.2) is 0 Å². The number of amides is 3. The fourth-order valence-corrected chi connectivity index (χ4v) is 9.41. The number of carbonyl (C=O) groups excluding carboxylic acids is 3. The predicted molar refractivity (Wildman–Crippen MR) is 262 cm³/mol. The number of carbonyl (C=O) groups is 3. The highest BCUT2D eigenvalue weighted by atomic mass is 16.6. The molecule has 0 saturated carbocycles. The van der Waals surface area contributed by atoms with E-state index in [0.717, 1.165) is 56.2 Å². The second-order valence-electron chi connectivity index (χ2n) is 18.9. The van der Waals surface area contributed by atoms with Crippen LogP contribution in [0.2, 0.25) is 0 Å². The molecule has 3 N–H and O–H groups in total. The van der Waals surface area contributed by atoms with E-state index in [1.54, 1.807) is 12.1 Å². The summed E-state index contributed by atoms with van der Waals surface area (Å²) in [5, 5.41) is 20.5. The smallest absolute Gasteiger partial charge is 0.270 e. The fraction of sp³-hybridized carbons (Fsp3) is 0.679. The minimum Gasteiger partial charge on any atom is -0.463 e. The molecule has 11 heteroatoms. The highest BCUT2D eigenvalue weighted by molar-refractivity contribution is 5.88. The van der Waals surface area contributed by atoms with Crippen LogP contribution in [0.1, 0.15) is 206 Å². The minimum atomic E-state index is -0.842. The number of nitro benzene ring substituents is 1. The number of anilines is 1. The molecule has 11 nitrogen and oxygen atoms in total. The van der Waals surface area contributed by atoms with Crippen molar-refractivity contribution >= 4 is 35.2 Å². The molecule has 2 atom stereocenters. The first-order chi connectivity index (χ1) is 31.0. The Morgan fingerprint density at radius 3 is 1.86 bits per heavy atom. The van der Waals surface area contributed by atoms with Gasteiger partial charge in [-0.1, -0.05) is 154 Å². The highest BCUT2D eigenvalue weighted by Crippen LogP contribution is 2.55.